The van der Waals surface area contributed by atoms with Gasteiger partial charge in [-0.05, 0) is 55.6 Å². The number of aromatic nitrogens is 3. The highest BCUT2D eigenvalue weighted by molar-refractivity contribution is 7.71. The Morgan fingerprint density at radius 3 is 2.88 bits per heavy atom. The van der Waals surface area contributed by atoms with Crippen molar-refractivity contribution in [1.82, 2.24) is 20.1 Å². The van der Waals surface area contributed by atoms with Gasteiger partial charge in [-0.1, -0.05) is 12.1 Å². The van der Waals surface area contributed by atoms with E-state index >= 15 is 0 Å². The Morgan fingerprint density at radius 1 is 1.27 bits per heavy atom. The van der Waals surface area contributed by atoms with Crippen molar-refractivity contribution in [3.8, 4) is 0 Å². The number of hydrogen-bond donors (Lipinski definition) is 2. The first kappa shape index (κ1) is 18.5. The SMILES string of the molecule is CCn1c(CCNC(=O)CCC(=O)c2ccc3c(c2)CCC3)n[nH]c1=S. The second-order valence-electron chi connectivity index (χ2n) is 6.55. The van der Waals surface area contributed by atoms with Crippen LogP contribution in [0, 0.1) is 4.77 Å². The Kier molecular flexibility index (Phi) is 5.98. The molecule has 1 aromatic heterocycles. The van der Waals surface area contributed by atoms with E-state index < -0.39 is 0 Å². The minimum Gasteiger partial charge on any atom is -0.356 e. The molecule has 1 aliphatic rings. The van der Waals surface area contributed by atoms with Crippen molar-refractivity contribution in [2.24, 2.45) is 0 Å². The lowest BCUT2D eigenvalue weighted by Crippen LogP contribution is -2.26. The average molecular weight is 372 g/mol. The second-order valence-corrected chi connectivity index (χ2v) is 6.94. The number of Topliss-reactive ketones (excluding diaryl/α,β-unsaturated/α-hetero) is 1. The zero-order valence-electron chi connectivity index (χ0n) is 15.0. The third kappa shape index (κ3) is 4.27. The standard InChI is InChI=1S/C19H24N4O2S/c1-2-23-17(21-22-19(23)26)10-11-20-18(25)9-8-16(24)15-7-6-13-4-3-5-14(13)12-15/h6-7,12H,2-5,8-11H2,1H3,(H,20,25)(H,22,26). The van der Waals surface area contributed by atoms with Crippen molar-refractivity contribution in [2.75, 3.05) is 6.54 Å². The van der Waals surface area contributed by atoms with Crippen LogP contribution in [0.5, 0.6) is 0 Å². The van der Waals surface area contributed by atoms with Crippen LogP contribution in [0.2, 0.25) is 0 Å². The predicted octanol–water partition coefficient (Wildman–Crippen LogP) is 2.77. The molecule has 6 nitrogen and oxygen atoms in total. The normalized spacial score (nSPS) is 12.8. The van der Waals surface area contributed by atoms with E-state index in [1.165, 1.54) is 11.1 Å². The van der Waals surface area contributed by atoms with Crippen molar-refractivity contribution in [2.45, 2.75) is 52.0 Å². The van der Waals surface area contributed by atoms with Gasteiger partial charge >= 0.3 is 0 Å². The first-order chi connectivity index (χ1) is 12.6. The Hall–Kier alpha value is -2.28. The largest absolute Gasteiger partial charge is 0.356 e. The molecule has 0 radical (unpaired) electrons. The van der Waals surface area contributed by atoms with Gasteiger partial charge in [0.2, 0.25) is 5.91 Å². The molecule has 0 aliphatic heterocycles. The quantitative estimate of drug-likeness (QED) is 0.552. The highest BCUT2D eigenvalue weighted by atomic mass is 32.1. The van der Waals surface area contributed by atoms with E-state index in [4.69, 9.17) is 12.2 Å². The van der Waals surface area contributed by atoms with Gasteiger partial charge in [0, 0.05) is 37.9 Å². The van der Waals surface area contributed by atoms with Gasteiger partial charge < -0.3 is 9.88 Å². The predicted molar refractivity (Wildman–Crippen MR) is 102 cm³/mol. The number of nitrogens with zero attached hydrogens (tertiary/aromatic N) is 2. The molecular weight excluding hydrogens is 348 g/mol. The monoisotopic (exact) mass is 372 g/mol. The van der Waals surface area contributed by atoms with Crippen LogP contribution in [0.15, 0.2) is 18.2 Å². The summed E-state index contributed by atoms with van der Waals surface area (Å²) in [6.45, 7) is 3.22. The summed E-state index contributed by atoms with van der Waals surface area (Å²) in [5, 5.41) is 9.77. The molecule has 7 heteroatoms. The zero-order valence-corrected chi connectivity index (χ0v) is 15.8. The maximum Gasteiger partial charge on any atom is 0.220 e. The number of benzene rings is 1. The Labute approximate surface area is 158 Å². The average Bonchev–Trinajstić information content (AvgIpc) is 3.25. The molecule has 0 saturated carbocycles. The Bertz CT molecular complexity index is 869. The van der Waals surface area contributed by atoms with Crippen molar-refractivity contribution < 1.29 is 9.59 Å². The molecule has 1 aliphatic carbocycles. The number of carbonyl (C=O) groups excluding carboxylic acids is 2. The lowest BCUT2D eigenvalue weighted by molar-refractivity contribution is -0.121. The van der Waals surface area contributed by atoms with E-state index in [9.17, 15) is 9.59 Å². The minimum absolute atomic E-state index is 0.0294. The van der Waals surface area contributed by atoms with Gasteiger partial charge in [0.15, 0.2) is 10.6 Å². The highest BCUT2D eigenvalue weighted by Gasteiger charge is 2.15. The van der Waals surface area contributed by atoms with Gasteiger partial charge in [0.05, 0.1) is 0 Å². The third-order valence-corrected chi connectivity index (χ3v) is 5.14. The molecule has 0 spiro atoms. The van der Waals surface area contributed by atoms with Crippen LogP contribution in [-0.4, -0.2) is 33.0 Å². The van der Waals surface area contributed by atoms with E-state index in [-0.39, 0.29) is 24.5 Å². The van der Waals surface area contributed by atoms with E-state index in [0.717, 1.165) is 37.2 Å². The molecule has 0 unspecified atom stereocenters. The van der Waals surface area contributed by atoms with Gasteiger partial charge in [-0.3, -0.25) is 14.7 Å². The summed E-state index contributed by atoms with van der Waals surface area (Å²) >= 11 is 5.14. The number of aryl methyl sites for hydroxylation is 2. The summed E-state index contributed by atoms with van der Waals surface area (Å²) in [7, 11) is 0. The minimum atomic E-state index is -0.114. The molecule has 0 bridgehead atoms. The van der Waals surface area contributed by atoms with Gasteiger partial charge in [-0.2, -0.15) is 5.10 Å². The first-order valence-electron chi connectivity index (χ1n) is 9.14. The molecular formula is C19H24N4O2S. The van der Waals surface area contributed by atoms with Gasteiger partial charge in [0.1, 0.15) is 5.82 Å². The van der Waals surface area contributed by atoms with Crippen LogP contribution in [-0.2, 0) is 30.6 Å². The summed E-state index contributed by atoms with van der Waals surface area (Å²) in [5.74, 6) is 0.741. The summed E-state index contributed by atoms with van der Waals surface area (Å²) in [4.78, 5) is 24.3. The molecule has 2 N–H and O–H groups in total. The van der Waals surface area contributed by atoms with Crippen LogP contribution in [0.4, 0.5) is 0 Å². The summed E-state index contributed by atoms with van der Waals surface area (Å²) < 4.78 is 2.49. The molecule has 0 atom stereocenters. The number of ketones is 1. The summed E-state index contributed by atoms with van der Waals surface area (Å²) in [6, 6.07) is 5.93. The molecule has 3 rings (SSSR count). The van der Waals surface area contributed by atoms with Crippen LogP contribution >= 0.6 is 12.2 Å². The number of hydrogen-bond acceptors (Lipinski definition) is 4. The van der Waals surface area contributed by atoms with Crippen LogP contribution in [0.25, 0.3) is 0 Å². The highest BCUT2D eigenvalue weighted by Crippen LogP contribution is 2.23. The van der Waals surface area contributed by atoms with Crippen LogP contribution < -0.4 is 5.32 Å². The second kappa shape index (κ2) is 8.40. The fourth-order valence-electron chi connectivity index (χ4n) is 3.39. The first-order valence-corrected chi connectivity index (χ1v) is 9.55. The molecule has 0 fully saturated rings. The number of amides is 1. The Balaban J connectivity index is 1.43. The fraction of sp³-hybridized carbons (Fsp3) is 0.474. The van der Waals surface area contributed by atoms with Gasteiger partial charge in [-0.15, -0.1) is 0 Å². The lowest BCUT2D eigenvalue weighted by Gasteiger charge is -2.07. The topological polar surface area (TPSA) is 79.8 Å². The maximum atomic E-state index is 12.3. The smallest absolute Gasteiger partial charge is 0.220 e. The van der Waals surface area contributed by atoms with E-state index in [1.807, 2.05) is 23.6 Å². The van der Waals surface area contributed by atoms with Crippen LogP contribution in [0.3, 0.4) is 0 Å². The number of aromatic amines is 1. The van der Waals surface area contributed by atoms with E-state index in [0.29, 0.717) is 17.7 Å². The van der Waals surface area contributed by atoms with E-state index in [1.54, 1.807) is 0 Å². The molecule has 0 saturated heterocycles. The van der Waals surface area contributed by atoms with Crippen molar-refractivity contribution in [3.05, 3.63) is 45.5 Å². The van der Waals surface area contributed by atoms with Crippen LogP contribution in [0.1, 0.15) is 53.5 Å². The van der Waals surface area contributed by atoms with Crippen molar-refractivity contribution >= 4 is 23.9 Å². The van der Waals surface area contributed by atoms with Crippen molar-refractivity contribution in [1.29, 1.82) is 0 Å². The number of fused-ring (bicyclic) bond motifs is 1. The number of nitrogens with one attached hydrogen (secondary N) is 2. The van der Waals surface area contributed by atoms with Crippen molar-refractivity contribution in [3.63, 3.8) is 0 Å². The summed E-state index contributed by atoms with van der Waals surface area (Å²) in [6.07, 6.45) is 4.36. The molecule has 1 amide bonds. The molecule has 138 valence electrons. The van der Waals surface area contributed by atoms with Gasteiger partial charge in [-0.25, -0.2) is 0 Å². The number of H-pyrrole nitrogens is 1. The molecule has 1 heterocycles. The summed E-state index contributed by atoms with van der Waals surface area (Å²) in [5.41, 5.74) is 3.35. The lowest BCUT2D eigenvalue weighted by atomic mass is 10.0. The maximum absolute atomic E-state index is 12.3. The molecule has 2 aromatic rings. The number of carbonyl (C=O) groups is 2. The Morgan fingerprint density at radius 2 is 2.08 bits per heavy atom. The number of rotatable bonds is 8. The van der Waals surface area contributed by atoms with E-state index in [2.05, 4.69) is 21.6 Å². The van der Waals surface area contributed by atoms with Gasteiger partial charge in [0.25, 0.3) is 0 Å². The molecule has 1 aromatic carbocycles. The zero-order chi connectivity index (χ0) is 18.5. The third-order valence-electron chi connectivity index (χ3n) is 4.82. The molecule has 26 heavy (non-hydrogen) atoms. The fourth-order valence-corrected chi connectivity index (χ4v) is 3.67.